The van der Waals surface area contributed by atoms with E-state index in [0.717, 1.165) is 0 Å². The zero-order valence-corrected chi connectivity index (χ0v) is 10.7. The zero-order valence-electron chi connectivity index (χ0n) is 9.74. The lowest BCUT2D eigenvalue weighted by Gasteiger charge is -2.18. The fourth-order valence-electron chi connectivity index (χ4n) is 0.893. The van der Waals surface area contributed by atoms with Crippen molar-refractivity contribution >= 4 is 14.2 Å². The Bertz CT molecular complexity index is 295. The molecular formula is C9H18NO5P. The van der Waals surface area contributed by atoms with Gasteiger partial charge in [0.1, 0.15) is 5.60 Å². The summed E-state index contributed by atoms with van der Waals surface area (Å²) in [5.74, 6) is 0. The summed E-state index contributed by atoms with van der Waals surface area (Å²) in [6.45, 7) is 4.77. The van der Waals surface area contributed by atoms with Crippen molar-refractivity contribution < 1.29 is 23.4 Å². The molecule has 0 aromatic heterocycles. The highest BCUT2D eigenvalue weighted by atomic mass is 31.1. The number of carbonyl (C=O) groups excluding carboxylic acids is 1. The molecule has 0 aromatic rings. The zero-order chi connectivity index (χ0) is 12.4. The van der Waals surface area contributed by atoms with Crippen molar-refractivity contribution in [3.05, 3.63) is 0 Å². The van der Waals surface area contributed by atoms with Gasteiger partial charge in [0.25, 0.3) is 0 Å². The maximum atomic E-state index is 11.4. The minimum atomic E-state index is -2.34. The Hall–Kier alpha value is -0.580. The highest BCUT2D eigenvalue weighted by molar-refractivity contribution is 7.41. The molecule has 0 spiro atoms. The lowest BCUT2D eigenvalue weighted by Crippen LogP contribution is -2.25. The predicted octanol–water partition coefficient (Wildman–Crippen LogP) is 1.84. The van der Waals surface area contributed by atoms with Gasteiger partial charge in [0.15, 0.2) is 0 Å². The van der Waals surface area contributed by atoms with Gasteiger partial charge in [-0.15, -0.1) is 0 Å². The van der Waals surface area contributed by atoms with Crippen molar-refractivity contribution in [2.45, 2.75) is 44.5 Å². The second-order valence-electron chi connectivity index (χ2n) is 4.81. The van der Waals surface area contributed by atoms with Crippen LogP contribution in [0.25, 0.3) is 0 Å². The molecule has 0 bridgehead atoms. The van der Waals surface area contributed by atoms with Gasteiger partial charge in [-0.2, -0.15) is 0 Å². The summed E-state index contributed by atoms with van der Waals surface area (Å²) in [7, 11) is -2.34. The number of carbonyl (C=O) groups is 1. The van der Waals surface area contributed by atoms with E-state index in [4.69, 9.17) is 15.0 Å². The van der Waals surface area contributed by atoms with Crippen LogP contribution in [0.5, 0.6) is 0 Å². The van der Waals surface area contributed by atoms with E-state index in [9.17, 15) is 9.36 Å². The molecule has 1 aliphatic carbocycles. The molecule has 0 saturated heterocycles. The van der Waals surface area contributed by atoms with E-state index in [1.807, 2.05) is 0 Å². The van der Waals surface area contributed by atoms with Crippen molar-refractivity contribution in [3.63, 3.8) is 0 Å². The maximum absolute atomic E-state index is 11.4. The monoisotopic (exact) mass is 251 g/mol. The molecule has 1 aliphatic rings. The molecule has 0 heterocycles. The van der Waals surface area contributed by atoms with E-state index in [0.29, 0.717) is 12.8 Å². The van der Waals surface area contributed by atoms with Gasteiger partial charge >= 0.3 is 6.16 Å². The van der Waals surface area contributed by atoms with Crippen molar-refractivity contribution in [1.82, 2.24) is 0 Å². The number of rotatable bonds is 4. The normalized spacial score (nSPS) is 20.0. The molecule has 1 fully saturated rings. The van der Waals surface area contributed by atoms with E-state index in [-0.39, 0.29) is 6.79 Å². The van der Waals surface area contributed by atoms with E-state index in [1.165, 1.54) is 0 Å². The fourth-order valence-corrected chi connectivity index (χ4v) is 1.88. The largest absolute Gasteiger partial charge is 0.510 e. The van der Waals surface area contributed by atoms with Crippen LogP contribution < -0.4 is 5.73 Å². The van der Waals surface area contributed by atoms with Crippen LogP contribution in [-0.2, 0) is 18.6 Å². The minimum Gasteiger partial charge on any atom is -0.429 e. The first-order chi connectivity index (χ1) is 7.23. The first kappa shape index (κ1) is 13.5. The predicted molar refractivity (Wildman–Crippen MR) is 58.4 cm³/mol. The molecule has 7 heteroatoms. The molecule has 2 N–H and O–H groups in total. The Morgan fingerprint density at radius 2 is 2.00 bits per heavy atom. The van der Waals surface area contributed by atoms with E-state index < -0.39 is 25.1 Å². The van der Waals surface area contributed by atoms with Gasteiger partial charge in [0.2, 0.25) is 14.8 Å². The highest BCUT2D eigenvalue weighted by Crippen LogP contribution is 2.53. The van der Waals surface area contributed by atoms with Gasteiger partial charge in [-0.05, 0) is 33.6 Å². The third-order valence-corrected chi connectivity index (χ3v) is 3.64. The molecule has 0 aromatic carbocycles. The smallest absolute Gasteiger partial charge is 0.429 e. The summed E-state index contributed by atoms with van der Waals surface area (Å²) in [5.41, 5.74) is 5.03. The lowest BCUT2D eigenvalue weighted by molar-refractivity contribution is -0.0347. The van der Waals surface area contributed by atoms with Crippen molar-refractivity contribution in [2.24, 2.45) is 5.73 Å². The average molecular weight is 251 g/mol. The summed E-state index contributed by atoms with van der Waals surface area (Å²) in [5, 5.41) is -0.679. The third-order valence-electron chi connectivity index (χ3n) is 1.95. The lowest BCUT2D eigenvalue weighted by atomic mass is 10.2. The molecule has 1 rings (SSSR count). The number of ether oxygens (including phenoxy) is 2. The van der Waals surface area contributed by atoms with Crippen molar-refractivity contribution in [3.8, 4) is 0 Å². The standard InChI is InChI=1S/C9H18NO5P/c1-8(2,3)15-7(11)13-6-14-16(12)9(10)4-5-9/h16H,4-6,10H2,1-3H3. The number of hydrogen-bond acceptors (Lipinski definition) is 6. The van der Waals surface area contributed by atoms with Crippen LogP contribution in [0.2, 0.25) is 0 Å². The Labute approximate surface area is 95.3 Å². The van der Waals surface area contributed by atoms with Crippen LogP contribution >= 0.6 is 8.03 Å². The molecule has 6 nitrogen and oxygen atoms in total. The molecule has 16 heavy (non-hydrogen) atoms. The van der Waals surface area contributed by atoms with E-state index >= 15 is 0 Å². The van der Waals surface area contributed by atoms with Gasteiger partial charge in [0, 0.05) is 0 Å². The molecule has 1 atom stereocenters. The Morgan fingerprint density at radius 3 is 2.44 bits per heavy atom. The Morgan fingerprint density at radius 1 is 1.44 bits per heavy atom. The molecule has 1 saturated carbocycles. The van der Waals surface area contributed by atoms with Gasteiger partial charge in [-0.3, -0.25) is 9.09 Å². The highest BCUT2D eigenvalue weighted by Gasteiger charge is 2.45. The summed E-state index contributed by atoms with van der Waals surface area (Å²) >= 11 is 0. The van der Waals surface area contributed by atoms with Gasteiger partial charge < -0.3 is 15.2 Å². The number of nitrogens with two attached hydrogens (primary N) is 1. The Balaban J connectivity index is 2.16. The summed E-state index contributed by atoms with van der Waals surface area (Å²) in [6.07, 6.45) is 0.540. The van der Waals surface area contributed by atoms with Crippen LogP contribution in [0.1, 0.15) is 33.6 Å². The SMILES string of the molecule is CC(C)(C)OC(=O)OCO[PH](=O)C1(N)CC1. The maximum Gasteiger partial charge on any atom is 0.510 e. The minimum absolute atomic E-state index is 0.383. The molecule has 0 aliphatic heterocycles. The van der Waals surface area contributed by atoms with E-state index in [2.05, 4.69) is 4.74 Å². The molecular weight excluding hydrogens is 233 g/mol. The molecule has 0 amide bonds. The summed E-state index contributed by atoms with van der Waals surface area (Å²) in [6, 6.07) is 0. The first-order valence-corrected chi connectivity index (χ1v) is 6.36. The topological polar surface area (TPSA) is 87.9 Å². The molecule has 94 valence electrons. The van der Waals surface area contributed by atoms with Crippen LogP contribution in [0, 0.1) is 0 Å². The third kappa shape index (κ3) is 4.51. The first-order valence-electron chi connectivity index (χ1n) is 5.05. The number of hydrogen-bond donors (Lipinski definition) is 1. The van der Waals surface area contributed by atoms with Crippen LogP contribution in [0.15, 0.2) is 0 Å². The molecule has 1 unspecified atom stereocenters. The average Bonchev–Trinajstić information content (AvgIpc) is 2.81. The quantitative estimate of drug-likeness (QED) is 0.466. The van der Waals surface area contributed by atoms with Gasteiger partial charge in [0.05, 0.1) is 5.28 Å². The second-order valence-corrected chi connectivity index (χ2v) is 6.67. The van der Waals surface area contributed by atoms with Crippen LogP contribution in [0.3, 0.4) is 0 Å². The van der Waals surface area contributed by atoms with Crippen molar-refractivity contribution in [2.75, 3.05) is 6.79 Å². The Kier molecular flexibility index (Phi) is 3.99. The van der Waals surface area contributed by atoms with Crippen LogP contribution in [-0.4, -0.2) is 23.8 Å². The summed E-state index contributed by atoms with van der Waals surface area (Å²) in [4.78, 5) is 11.1. The van der Waals surface area contributed by atoms with E-state index in [1.54, 1.807) is 20.8 Å². The van der Waals surface area contributed by atoms with Crippen LogP contribution in [0.4, 0.5) is 4.79 Å². The van der Waals surface area contributed by atoms with Gasteiger partial charge in [-0.25, -0.2) is 4.79 Å². The second kappa shape index (κ2) is 4.73. The molecule has 0 radical (unpaired) electrons. The summed E-state index contributed by atoms with van der Waals surface area (Å²) < 4.78 is 25.7. The van der Waals surface area contributed by atoms with Crippen molar-refractivity contribution in [1.29, 1.82) is 0 Å². The van der Waals surface area contributed by atoms with Gasteiger partial charge in [-0.1, -0.05) is 0 Å². The fraction of sp³-hybridized carbons (Fsp3) is 0.889.